The minimum atomic E-state index is -0.220. The van der Waals surface area contributed by atoms with Crippen LogP contribution in [0.1, 0.15) is 33.8 Å². The Hall–Kier alpha value is -2.87. The monoisotopic (exact) mass is 525 g/mol. The maximum atomic E-state index is 12.4. The Morgan fingerprint density at radius 3 is 2.49 bits per heavy atom. The lowest BCUT2D eigenvalue weighted by Crippen LogP contribution is -2.20. The number of carbonyl (C=O) groups is 1. The third kappa shape index (κ3) is 6.04. The van der Waals surface area contributed by atoms with Crippen molar-refractivity contribution in [3.05, 3.63) is 86.3 Å². The normalized spacial score (nSPS) is 11.5. The molecule has 9 heteroatoms. The zero-order chi connectivity index (χ0) is 25.1. The number of aryl methyl sites for hydroxylation is 3. The van der Waals surface area contributed by atoms with E-state index in [1.165, 1.54) is 11.8 Å². The summed E-state index contributed by atoms with van der Waals surface area (Å²) in [6.45, 7) is 8.55. The van der Waals surface area contributed by atoms with Gasteiger partial charge in [0.1, 0.15) is 0 Å². The maximum absolute atomic E-state index is 12.4. The first-order valence-corrected chi connectivity index (χ1v) is 12.8. The van der Waals surface area contributed by atoms with Gasteiger partial charge in [-0.1, -0.05) is 52.7 Å². The summed E-state index contributed by atoms with van der Waals surface area (Å²) in [5.74, 6) is -0.0420. The second-order valence-electron chi connectivity index (χ2n) is 8.37. The number of hydrazone groups is 1. The Balaban J connectivity index is 1.53. The average Bonchev–Trinajstić information content (AvgIpc) is 3.04. The number of halogens is 2. The van der Waals surface area contributed by atoms with Crippen molar-refractivity contribution in [2.24, 2.45) is 5.10 Å². The molecule has 0 saturated heterocycles. The third-order valence-electron chi connectivity index (χ3n) is 5.53. The van der Waals surface area contributed by atoms with E-state index in [1.54, 1.807) is 6.21 Å². The summed E-state index contributed by atoms with van der Waals surface area (Å²) in [7, 11) is 0. The highest BCUT2D eigenvalue weighted by Crippen LogP contribution is 2.28. The minimum absolute atomic E-state index is 0.178. The molecule has 6 nitrogen and oxygen atoms in total. The van der Waals surface area contributed by atoms with E-state index in [9.17, 15) is 4.79 Å². The summed E-state index contributed by atoms with van der Waals surface area (Å²) in [4.78, 5) is 21.1. The van der Waals surface area contributed by atoms with Crippen LogP contribution in [0.3, 0.4) is 0 Å². The molecule has 4 rings (SSSR count). The van der Waals surface area contributed by atoms with Crippen molar-refractivity contribution in [2.45, 2.75) is 39.4 Å². The molecule has 0 saturated carbocycles. The van der Waals surface area contributed by atoms with Crippen molar-refractivity contribution in [1.29, 1.82) is 0 Å². The SMILES string of the molecule is Cc1ccc2c(c1)c(/C=N/NC(=O)CSc1nc(C)cc(C)n1)c(C)n2Cc1ccc(Cl)c(Cl)c1. The molecule has 0 atom stereocenters. The number of hydrogen-bond acceptors (Lipinski definition) is 5. The van der Waals surface area contributed by atoms with Crippen molar-refractivity contribution in [2.75, 3.05) is 5.75 Å². The lowest BCUT2D eigenvalue weighted by molar-refractivity contribution is -0.118. The summed E-state index contributed by atoms with van der Waals surface area (Å²) in [5, 5.41) is 6.96. The van der Waals surface area contributed by atoms with Crippen molar-refractivity contribution in [3.63, 3.8) is 0 Å². The first kappa shape index (κ1) is 25.2. The number of rotatable bonds is 7. The molecular formula is C26H25Cl2N5OS. The van der Waals surface area contributed by atoms with Crippen LogP contribution in [0.2, 0.25) is 10.0 Å². The van der Waals surface area contributed by atoms with Crippen LogP contribution in [0, 0.1) is 27.7 Å². The summed E-state index contributed by atoms with van der Waals surface area (Å²) >= 11 is 13.6. The molecule has 1 amide bonds. The highest BCUT2D eigenvalue weighted by Gasteiger charge is 2.14. The first-order valence-electron chi connectivity index (χ1n) is 11.0. The summed E-state index contributed by atoms with van der Waals surface area (Å²) in [6, 6.07) is 13.9. The molecular weight excluding hydrogens is 501 g/mol. The van der Waals surface area contributed by atoms with Crippen LogP contribution in [-0.4, -0.2) is 32.4 Å². The van der Waals surface area contributed by atoms with Gasteiger partial charge in [-0.25, -0.2) is 15.4 Å². The molecule has 4 aromatic rings. The number of nitrogens with zero attached hydrogens (tertiary/aromatic N) is 4. The number of thioether (sulfide) groups is 1. The van der Waals surface area contributed by atoms with E-state index in [0.717, 1.165) is 44.7 Å². The Labute approximate surface area is 218 Å². The van der Waals surface area contributed by atoms with Gasteiger partial charge in [0.2, 0.25) is 0 Å². The van der Waals surface area contributed by atoms with Gasteiger partial charge in [-0.2, -0.15) is 5.10 Å². The minimum Gasteiger partial charge on any atom is -0.340 e. The van der Waals surface area contributed by atoms with E-state index >= 15 is 0 Å². The Kier molecular flexibility index (Phi) is 7.79. The standard InChI is InChI=1S/C26H25Cl2N5OS/c1-15-5-8-24-20(9-15)21(18(4)33(24)13-19-6-7-22(27)23(28)11-19)12-29-32-25(34)14-35-26-30-16(2)10-17(3)31-26/h5-12H,13-14H2,1-4H3,(H,32,34)/b29-12+. The van der Waals surface area contributed by atoms with Gasteiger partial charge in [0.15, 0.2) is 5.16 Å². The number of nitrogens with one attached hydrogen (secondary N) is 1. The molecule has 2 heterocycles. The average molecular weight is 526 g/mol. The first-order chi connectivity index (χ1) is 16.7. The molecule has 2 aromatic carbocycles. The number of hydrogen-bond donors (Lipinski definition) is 1. The number of benzene rings is 2. The van der Waals surface area contributed by atoms with E-state index < -0.39 is 0 Å². The van der Waals surface area contributed by atoms with Gasteiger partial charge in [0.25, 0.3) is 5.91 Å². The smallest absolute Gasteiger partial charge is 0.250 e. The van der Waals surface area contributed by atoms with Crippen LogP contribution in [0.25, 0.3) is 10.9 Å². The largest absolute Gasteiger partial charge is 0.340 e. The van der Waals surface area contributed by atoms with Gasteiger partial charge < -0.3 is 4.57 Å². The molecule has 0 radical (unpaired) electrons. The Morgan fingerprint density at radius 2 is 1.77 bits per heavy atom. The lowest BCUT2D eigenvalue weighted by atomic mass is 10.1. The van der Waals surface area contributed by atoms with E-state index in [-0.39, 0.29) is 11.7 Å². The fraction of sp³-hybridized carbons (Fsp3) is 0.231. The summed E-state index contributed by atoms with van der Waals surface area (Å²) < 4.78 is 2.21. The van der Waals surface area contributed by atoms with Gasteiger partial charge in [-0.3, -0.25) is 4.79 Å². The predicted molar refractivity (Wildman–Crippen MR) is 145 cm³/mol. The molecule has 180 valence electrons. The predicted octanol–water partition coefficient (Wildman–Crippen LogP) is 6.26. The molecule has 0 spiro atoms. The highest BCUT2D eigenvalue weighted by atomic mass is 35.5. The topological polar surface area (TPSA) is 72.2 Å². The molecule has 0 fully saturated rings. The quantitative estimate of drug-likeness (QED) is 0.134. The fourth-order valence-corrected chi connectivity index (χ4v) is 4.96. The molecule has 2 aromatic heterocycles. The van der Waals surface area contributed by atoms with Crippen LogP contribution >= 0.6 is 35.0 Å². The van der Waals surface area contributed by atoms with Crippen LogP contribution < -0.4 is 5.43 Å². The molecule has 35 heavy (non-hydrogen) atoms. The highest BCUT2D eigenvalue weighted by molar-refractivity contribution is 7.99. The van der Waals surface area contributed by atoms with Crippen LogP contribution in [0.4, 0.5) is 0 Å². The van der Waals surface area contributed by atoms with E-state index in [2.05, 4.69) is 50.2 Å². The van der Waals surface area contributed by atoms with Gasteiger partial charge in [0, 0.05) is 40.1 Å². The van der Waals surface area contributed by atoms with Gasteiger partial charge in [-0.15, -0.1) is 0 Å². The zero-order valence-electron chi connectivity index (χ0n) is 19.9. The van der Waals surface area contributed by atoms with E-state index in [0.29, 0.717) is 21.7 Å². The van der Waals surface area contributed by atoms with Crippen LogP contribution in [-0.2, 0) is 11.3 Å². The third-order valence-corrected chi connectivity index (χ3v) is 7.12. The Morgan fingerprint density at radius 1 is 1.03 bits per heavy atom. The molecule has 1 N–H and O–H groups in total. The Bertz CT molecular complexity index is 1430. The van der Waals surface area contributed by atoms with Crippen molar-refractivity contribution >= 4 is 58.0 Å². The second kappa shape index (κ2) is 10.8. The van der Waals surface area contributed by atoms with Gasteiger partial charge >= 0.3 is 0 Å². The van der Waals surface area contributed by atoms with Gasteiger partial charge in [-0.05, 0) is 63.6 Å². The van der Waals surface area contributed by atoms with Crippen molar-refractivity contribution in [3.8, 4) is 0 Å². The van der Waals surface area contributed by atoms with Crippen molar-refractivity contribution in [1.82, 2.24) is 20.0 Å². The number of aromatic nitrogens is 3. The molecule has 0 bridgehead atoms. The summed E-state index contributed by atoms with van der Waals surface area (Å²) in [6.07, 6.45) is 1.71. The zero-order valence-corrected chi connectivity index (χ0v) is 22.2. The van der Waals surface area contributed by atoms with Crippen molar-refractivity contribution < 1.29 is 4.79 Å². The molecule has 0 aliphatic carbocycles. The lowest BCUT2D eigenvalue weighted by Gasteiger charge is -2.10. The fourth-order valence-electron chi connectivity index (χ4n) is 3.90. The second-order valence-corrected chi connectivity index (χ2v) is 10.1. The van der Waals surface area contributed by atoms with Crippen LogP contribution in [0.5, 0.6) is 0 Å². The molecule has 0 unspecified atom stereocenters. The molecule has 0 aliphatic rings. The number of fused-ring (bicyclic) bond motifs is 1. The summed E-state index contributed by atoms with van der Waals surface area (Å²) in [5.41, 5.74) is 9.63. The van der Waals surface area contributed by atoms with E-state index in [1.807, 2.05) is 45.0 Å². The van der Waals surface area contributed by atoms with Crippen LogP contribution in [0.15, 0.2) is 52.7 Å². The van der Waals surface area contributed by atoms with E-state index in [4.69, 9.17) is 23.2 Å². The van der Waals surface area contributed by atoms with Gasteiger partial charge in [0.05, 0.1) is 22.0 Å². The molecule has 0 aliphatic heterocycles. The number of carbonyl (C=O) groups excluding carboxylic acids is 1. The number of amides is 1. The maximum Gasteiger partial charge on any atom is 0.250 e.